The Balaban J connectivity index is 2.90. The van der Waals surface area contributed by atoms with E-state index in [-0.39, 0.29) is 5.56 Å². The van der Waals surface area contributed by atoms with Crippen LogP contribution in [0.1, 0.15) is 5.56 Å². The summed E-state index contributed by atoms with van der Waals surface area (Å²) in [6.45, 7) is 3.28. The van der Waals surface area contributed by atoms with Crippen LogP contribution in [0.15, 0.2) is 18.2 Å². The first kappa shape index (κ1) is 9.83. The van der Waals surface area contributed by atoms with Crippen LogP contribution in [-0.2, 0) is 0 Å². The fourth-order valence-electron chi connectivity index (χ4n) is 0.813. The molecule has 0 saturated carbocycles. The van der Waals surface area contributed by atoms with Gasteiger partial charge in [0.15, 0.2) is 0 Å². The van der Waals surface area contributed by atoms with Crippen molar-refractivity contribution in [2.75, 3.05) is 0 Å². The highest BCUT2D eigenvalue weighted by molar-refractivity contribution is 5.31. The molecule has 0 bridgehead atoms. The maximum absolute atomic E-state index is 12.5. The molecule has 0 N–H and O–H groups in total. The van der Waals surface area contributed by atoms with E-state index in [4.69, 9.17) is 0 Å². The van der Waals surface area contributed by atoms with Gasteiger partial charge in [0, 0.05) is 6.07 Å². The molecule has 0 heterocycles. The van der Waals surface area contributed by atoms with Gasteiger partial charge in [-0.1, -0.05) is 0 Å². The number of alkyl halides is 3. The molecule has 1 aromatic carbocycles. The molecule has 0 aliphatic heterocycles. The van der Waals surface area contributed by atoms with Gasteiger partial charge >= 0.3 is 6.36 Å². The summed E-state index contributed by atoms with van der Waals surface area (Å²) in [4.78, 5) is 0. The zero-order valence-corrected chi connectivity index (χ0v) is 6.36. The average Bonchev–Trinajstić information content (AvgIpc) is 1.78. The van der Waals surface area contributed by atoms with E-state index in [0.29, 0.717) is 6.07 Å². The van der Waals surface area contributed by atoms with Crippen molar-refractivity contribution in [1.29, 1.82) is 0 Å². The molecule has 0 atom stereocenters. The minimum atomic E-state index is -4.81. The van der Waals surface area contributed by atoms with Gasteiger partial charge in [-0.05, 0) is 24.6 Å². The summed E-state index contributed by atoms with van der Waals surface area (Å²) in [5, 5.41) is 0. The molecule has 0 amide bonds. The van der Waals surface area contributed by atoms with E-state index in [0.717, 1.165) is 12.1 Å². The van der Waals surface area contributed by atoms with Gasteiger partial charge in [0.2, 0.25) is 0 Å². The predicted octanol–water partition coefficient (Wildman–Crippen LogP) is 2.91. The minimum absolute atomic E-state index is 0.124. The van der Waals surface area contributed by atoms with Gasteiger partial charge in [0.05, 0.1) is 0 Å². The lowest BCUT2D eigenvalue weighted by atomic mass is 10.2. The molecule has 1 aromatic rings. The summed E-state index contributed by atoms with van der Waals surface area (Å²) < 4.78 is 50.9. The third-order valence-electron chi connectivity index (χ3n) is 1.16. The minimum Gasteiger partial charge on any atom is -0.406 e. The SMILES string of the molecule is [CH2]c1cc(F)cc(OC(F)(F)F)c1. The standard InChI is InChI=1S/C8H5F4O/c1-5-2-6(9)4-7(3-5)13-8(10,11)12/h2-4H,1H2. The second-order valence-electron chi connectivity index (χ2n) is 2.34. The summed E-state index contributed by atoms with van der Waals surface area (Å²) in [5.41, 5.74) is 0.124. The molecule has 0 aliphatic carbocycles. The zero-order valence-electron chi connectivity index (χ0n) is 6.36. The lowest BCUT2D eigenvalue weighted by Gasteiger charge is -2.08. The Morgan fingerprint density at radius 3 is 2.23 bits per heavy atom. The van der Waals surface area contributed by atoms with Gasteiger partial charge in [-0.25, -0.2) is 4.39 Å². The topological polar surface area (TPSA) is 9.23 Å². The second-order valence-corrected chi connectivity index (χ2v) is 2.34. The van der Waals surface area contributed by atoms with Crippen molar-refractivity contribution >= 4 is 0 Å². The van der Waals surface area contributed by atoms with E-state index >= 15 is 0 Å². The van der Waals surface area contributed by atoms with Gasteiger partial charge in [-0.3, -0.25) is 0 Å². The molecule has 0 saturated heterocycles. The number of hydrogen-bond donors (Lipinski definition) is 0. The van der Waals surface area contributed by atoms with Gasteiger partial charge in [0.1, 0.15) is 11.6 Å². The van der Waals surface area contributed by atoms with Crippen LogP contribution in [0.2, 0.25) is 0 Å². The van der Waals surface area contributed by atoms with Crippen LogP contribution in [0.4, 0.5) is 17.6 Å². The number of ether oxygens (including phenoxy) is 1. The molecule has 0 aliphatic rings. The van der Waals surface area contributed by atoms with Crippen molar-refractivity contribution in [1.82, 2.24) is 0 Å². The molecular weight excluding hydrogens is 188 g/mol. The summed E-state index contributed by atoms with van der Waals surface area (Å²) >= 11 is 0. The summed E-state index contributed by atoms with van der Waals surface area (Å²) in [6, 6.07) is 2.64. The summed E-state index contributed by atoms with van der Waals surface area (Å²) in [5.74, 6) is -1.41. The van der Waals surface area contributed by atoms with E-state index in [1.54, 1.807) is 0 Å². The molecule has 1 radical (unpaired) electrons. The molecule has 0 aromatic heterocycles. The molecule has 1 nitrogen and oxygen atoms in total. The van der Waals surface area contributed by atoms with Crippen molar-refractivity contribution < 1.29 is 22.3 Å². The second kappa shape index (κ2) is 3.24. The Bertz CT molecular complexity index is 285. The molecule has 5 heteroatoms. The lowest BCUT2D eigenvalue weighted by molar-refractivity contribution is -0.274. The third-order valence-corrected chi connectivity index (χ3v) is 1.16. The maximum atomic E-state index is 12.5. The highest BCUT2D eigenvalue weighted by Crippen LogP contribution is 2.24. The van der Waals surface area contributed by atoms with Crippen molar-refractivity contribution in [2.45, 2.75) is 6.36 Å². The lowest BCUT2D eigenvalue weighted by Crippen LogP contribution is -2.17. The van der Waals surface area contributed by atoms with Crippen LogP contribution < -0.4 is 4.74 Å². The first-order valence-corrected chi connectivity index (χ1v) is 3.25. The smallest absolute Gasteiger partial charge is 0.406 e. The molecule has 0 spiro atoms. The van der Waals surface area contributed by atoms with Crippen LogP contribution in [0.3, 0.4) is 0 Å². The number of benzene rings is 1. The number of halogens is 4. The van der Waals surface area contributed by atoms with Crippen LogP contribution in [-0.4, -0.2) is 6.36 Å². The normalized spacial score (nSPS) is 11.5. The molecule has 0 unspecified atom stereocenters. The monoisotopic (exact) mass is 193 g/mol. The van der Waals surface area contributed by atoms with Crippen LogP contribution in [0, 0.1) is 12.7 Å². The fourth-order valence-corrected chi connectivity index (χ4v) is 0.813. The quantitative estimate of drug-likeness (QED) is 0.623. The molecular formula is C8H5F4O. The van der Waals surface area contributed by atoms with Crippen molar-refractivity contribution in [3.8, 4) is 5.75 Å². The Labute approximate surface area is 71.9 Å². The summed E-state index contributed by atoms with van der Waals surface area (Å²) in [6.07, 6.45) is -4.81. The molecule has 1 rings (SSSR count). The van der Waals surface area contributed by atoms with Gasteiger partial charge in [-0.15, -0.1) is 13.2 Å². The van der Waals surface area contributed by atoms with Crippen molar-refractivity contribution in [3.05, 3.63) is 36.5 Å². The average molecular weight is 193 g/mol. The Morgan fingerprint density at radius 1 is 1.15 bits per heavy atom. The highest BCUT2D eigenvalue weighted by Gasteiger charge is 2.31. The Morgan fingerprint density at radius 2 is 1.77 bits per heavy atom. The van der Waals surface area contributed by atoms with E-state index in [9.17, 15) is 17.6 Å². The Hall–Kier alpha value is -1.26. The Kier molecular flexibility index (Phi) is 2.45. The summed E-state index contributed by atoms with van der Waals surface area (Å²) in [7, 11) is 0. The highest BCUT2D eigenvalue weighted by atomic mass is 19.4. The van der Waals surface area contributed by atoms with Gasteiger partial charge in [0.25, 0.3) is 0 Å². The van der Waals surface area contributed by atoms with E-state index in [1.807, 2.05) is 0 Å². The number of rotatable bonds is 1. The van der Waals surface area contributed by atoms with Crippen LogP contribution in [0.25, 0.3) is 0 Å². The van der Waals surface area contributed by atoms with E-state index in [2.05, 4.69) is 11.7 Å². The molecule has 13 heavy (non-hydrogen) atoms. The first-order chi connectivity index (χ1) is 5.87. The first-order valence-electron chi connectivity index (χ1n) is 3.25. The van der Waals surface area contributed by atoms with Gasteiger partial charge < -0.3 is 4.74 Å². The number of hydrogen-bond acceptors (Lipinski definition) is 1. The van der Waals surface area contributed by atoms with Crippen molar-refractivity contribution in [2.24, 2.45) is 0 Å². The molecule has 71 valence electrons. The predicted molar refractivity (Wildman–Crippen MR) is 37.5 cm³/mol. The van der Waals surface area contributed by atoms with Crippen LogP contribution in [0.5, 0.6) is 5.75 Å². The van der Waals surface area contributed by atoms with Crippen molar-refractivity contribution in [3.63, 3.8) is 0 Å². The maximum Gasteiger partial charge on any atom is 0.573 e. The van der Waals surface area contributed by atoms with E-state index < -0.39 is 17.9 Å². The van der Waals surface area contributed by atoms with E-state index in [1.165, 1.54) is 0 Å². The zero-order chi connectivity index (χ0) is 10.1. The fraction of sp³-hybridized carbons (Fsp3) is 0.125. The van der Waals surface area contributed by atoms with Crippen LogP contribution >= 0.6 is 0 Å². The van der Waals surface area contributed by atoms with Gasteiger partial charge in [-0.2, -0.15) is 0 Å². The largest absolute Gasteiger partial charge is 0.573 e. The molecule has 0 fully saturated rings. The third kappa shape index (κ3) is 3.31.